The summed E-state index contributed by atoms with van der Waals surface area (Å²) in [5.41, 5.74) is 1.79. The normalized spacial score (nSPS) is 18.4. The molecule has 4 nitrogen and oxygen atoms in total. The zero-order valence-corrected chi connectivity index (χ0v) is 18.4. The van der Waals surface area contributed by atoms with Gasteiger partial charge in [-0.2, -0.15) is 0 Å². The minimum Gasteiger partial charge on any atom is -0.507 e. The maximum Gasteiger partial charge on any atom is 0.259 e. The van der Waals surface area contributed by atoms with Crippen LogP contribution < -0.4 is 10.1 Å². The molecular weight excluding hydrogens is 433 g/mol. The van der Waals surface area contributed by atoms with Gasteiger partial charge in [-0.3, -0.25) is 4.79 Å². The Bertz CT molecular complexity index is 1070. The number of anilines is 1. The van der Waals surface area contributed by atoms with Crippen LogP contribution >= 0.6 is 23.2 Å². The molecule has 0 aromatic heterocycles. The standard InChI is InChI=1S/C25H23Cl2NO3/c26-17-10-12-22(29)20(14-17)25(30)28-21-15-18(27)11-13-24(21)31-23-9-5-4-8-19(23)16-6-2-1-3-7-16/h1-3,6-7,10-15,19,23,29H,4-5,8-9H2,(H,28,30)/t19-,23+/m1/s1. The maximum absolute atomic E-state index is 12.8. The highest BCUT2D eigenvalue weighted by Crippen LogP contribution is 2.38. The second-order valence-electron chi connectivity index (χ2n) is 7.71. The molecule has 0 heterocycles. The molecule has 4 rings (SSSR count). The summed E-state index contributed by atoms with van der Waals surface area (Å²) in [4.78, 5) is 12.8. The second kappa shape index (κ2) is 9.63. The maximum atomic E-state index is 12.8. The van der Waals surface area contributed by atoms with E-state index in [4.69, 9.17) is 27.9 Å². The molecule has 1 fully saturated rings. The van der Waals surface area contributed by atoms with Gasteiger partial charge >= 0.3 is 0 Å². The third kappa shape index (κ3) is 5.15. The number of carbonyl (C=O) groups is 1. The van der Waals surface area contributed by atoms with Crippen LogP contribution in [0.15, 0.2) is 66.7 Å². The Kier molecular flexibility index (Phi) is 6.69. The fourth-order valence-corrected chi connectivity index (χ4v) is 4.41. The molecule has 160 valence electrons. The lowest BCUT2D eigenvalue weighted by atomic mass is 9.81. The van der Waals surface area contributed by atoms with E-state index in [0.717, 1.165) is 25.7 Å². The Morgan fingerprint density at radius 2 is 1.65 bits per heavy atom. The van der Waals surface area contributed by atoms with Crippen molar-refractivity contribution in [2.45, 2.75) is 37.7 Å². The van der Waals surface area contributed by atoms with Crippen LogP contribution in [0.5, 0.6) is 11.5 Å². The highest BCUT2D eigenvalue weighted by atomic mass is 35.5. The van der Waals surface area contributed by atoms with Crippen molar-refractivity contribution >= 4 is 34.8 Å². The average Bonchev–Trinajstić information content (AvgIpc) is 2.78. The highest BCUT2D eigenvalue weighted by Gasteiger charge is 2.29. The van der Waals surface area contributed by atoms with E-state index in [1.807, 2.05) is 18.2 Å². The van der Waals surface area contributed by atoms with E-state index in [1.54, 1.807) is 18.2 Å². The van der Waals surface area contributed by atoms with E-state index in [9.17, 15) is 9.90 Å². The van der Waals surface area contributed by atoms with Crippen molar-refractivity contribution in [3.05, 3.63) is 87.9 Å². The molecule has 31 heavy (non-hydrogen) atoms. The molecule has 3 aromatic rings. The summed E-state index contributed by atoms with van der Waals surface area (Å²) in [5, 5.41) is 13.7. The first-order valence-electron chi connectivity index (χ1n) is 10.3. The molecule has 1 amide bonds. The van der Waals surface area contributed by atoms with Crippen molar-refractivity contribution in [1.29, 1.82) is 0 Å². The largest absolute Gasteiger partial charge is 0.507 e. The Balaban J connectivity index is 1.59. The molecule has 0 spiro atoms. The quantitative estimate of drug-likeness (QED) is 0.432. The van der Waals surface area contributed by atoms with E-state index < -0.39 is 5.91 Å². The molecule has 1 saturated carbocycles. The van der Waals surface area contributed by atoms with E-state index in [1.165, 1.54) is 23.8 Å². The van der Waals surface area contributed by atoms with Crippen LogP contribution in [0.25, 0.3) is 0 Å². The molecule has 0 radical (unpaired) electrons. The minimum absolute atomic E-state index is 0.00690. The zero-order valence-electron chi connectivity index (χ0n) is 16.9. The smallest absolute Gasteiger partial charge is 0.259 e. The minimum atomic E-state index is -0.490. The summed E-state index contributed by atoms with van der Waals surface area (Å²) in [7, 11) is 0. The van der Waals surface area contributed by atoms with Crippen molar-refractivity contribution in [3.63, 3.8) is 0 Å². The predicted octanol–water partition coefficient (Wildman–Crippen LogP) is 7.06. The molecule has 2 atom stereocenters. The van der Waals surface area contributed by atoms with Gasteiger partial charge in [0, 0.05) is 16.0 Å². The van der Waals surface area contributed by atoms with Crippen LogP contribution in [0.1, 0.15) is 47.5 Å². The summed E-state index contributed by atoms with van der Waals surface area (Å²) >= 11 is 12.2. The molecule has 6 heteroatoms. The van der Waals surface area contributed by atoms with Crippen LogP contribution in [0.3, 0.4) is 0 Å². The molecule has 0 unspecified atom stereocenters. The SMILES string of the molecule is O=C(Nc1cc(Cl)ccc1O[C@H]1CCCC[C@@H]1c1ccccc1)c1cc(Cl)ccc1O. The van der Waals surface area contributed by atoms with Crippen molar-refractivity contribution in [2.24, 2.45) is 0 Å². The third-order valence-corrected chi connectivity index (χ3v) is 6.07. The number of halogens is 2. The van der Waals surface area contributed by atoms with Gasteiger partial charge in [0.2, 0.25) is 0 Å². The number of hydrogen-bond acceptors (Lipinski definition) is 3. The van der Waals surface area contributed by atoms with Gasteiger partial charge in [-0.1, -0.05) is 60.0 Å². The zero-order chi connectivity index (χ0) is 21.8. The van der Waals surface area contributed by atoms with Gasteiger partial charge in [0.15, 0.2) is 0 Å². The van der Waals surface area contributed by atoms with Crippen LogP contribution in [-0.4, -0.2) is 17.1 Å². The van der Waals surface area contributed by atoms with Crippen molar-refractivity contribution in [2.75, 3.05) is 5.32 Å². The van der Waals surface area contributed by atoms with Gasteiger partial charge in [-0.15, -0.1) is 0 Å². The fourth-order valence-electron chi connectivity index (χ4n) is 4.06. The topological polar surface area (TPSA) is 58.6 Å². The Labute approximate surface area is 191 Å². The van der Waals surface area contributed by atoms with Gasteiger partial charge in [-0.05, 0) is 61.2 Å². The fraction of sp³-hybridized carbons (Fsp3) is 0.240. The number of carbonyl (C=O) groups excluding carboxylic acids is 1. The van der Waals surface area contributed by atoms with Gasteiger partial charge in [0.05, 0.1) is 11.3 Å². The summed E-state index contributed by atoms with van der Waals surface area (Å²) < 4.78 is 6.44. The predicted molar refractivity (Wildman–Crippen MR) is 125 cm³/mol. The van der Waals surface area contributed by atoms with Crippen LogP contribution in [-0.2, 0) is 0 Å². The van der Waals surface area contributed by atoms with Gasteiger partial charge in [0.1, 0.15) is 17.6 Å². The van der Waals surface area contributed by atoms with E-state index in [2.05, 4.69) is 17.4 Å². The number of aromatic hydroxyl groups is 1. The number of benzene rings is 3. The molecule has 0 aliphatic heterocycles. The lowest BCUT2D eigenvalue weighted by molar-refractivity contribution is 0.102. The monoisotopic (exact) mass is 455 g/mol. The first-order valence-corrected chi connectivity index (χ1v) is 11.1. The number of hydrogen-bond donors (Lipinski definition) is 2. The lowest BCUT2D eigenvalue weighted by Gasteiger charge is -2.33. The van der Waals surface area contributed by atoms with Crippen molar-refractivity contribution in [1.82, 2.24) is 0 Å². The summed E-state index contributed by atoms with van der Waals surface area (Å²) in [6, 6.07) is 19.9. The van der Waals surface area contributed by atoms with Crippen molar-refractivity contribution < 1.29 is 14.6 Å². The van der Waals surface area contributed by atoms with Gasteiger partial charge in [0.25, 0.3) is 5.91 Å². The number of amides is 1. The summed E-state index contributed by atoms with van der Waals surface area (Å²) in [5.74, 6) is 0.191. The number of phenolic OH excluding ortho intramolecular Hbond substituents is 1. The van der Waals surface area contributed by atoms with E-state index in [-0.39, 0.29) is 23.3 Å². The Morgan fingerprint density at radius 3 is 2.45 bits per heavy atom. The molecule has 3 aromatic carbocycles. The number of phenols is 1. The molecule has 2 N–H and O–H groups in total. The van der Waals surface area contributed by atoms with Crippen LogP contribution in [0, 0.1) is 0 Å². The van der Waals surface area contributed by atoms with Crippen molar-refractivity contribution in [3.8, 4) is 11.5 Å². The number of ether oxygens (including phenoxy) is 1. The first kappa shape index (κ1) is 21.5. The van der Waals surface area contributed by atoms with Crippen LogP contribution in [0.2, 0.25) is 10.0 Å². The van der Waals surface area contributed by atoms with E-state index >= 15 is 0 Å². The molecular formula is C25H23Cl2NO3. The van der Waals surface area contributed by atoms with Gasteiger partial charge < -0.3 is 15.2 Å². The third-order valence-electron chi connectivity index (χ3n) is 5.60. The first-order chi connectivity index (χ1) is 15.0. The highest BCUT2D eigenvalue weighted by molar-refractivity contribution is 6.31. The molecule has 1 aliphatic carbocycles. The molecule has 0 bridgehead atoms. The number of rotatable bonds is 5. The van der Waals surface area contributed by atoms with Crippen LogP contribution in [0.4, 0.5) is 5.69 Å². The van der Waals surface area contributed by atoms with Gasteiger partial charge in [-0.25, -0.2) is 0 Å². The average molecular weight is 456 g/mol. The Hall–Kier alpha value is -2.69. The summed E-state index contributed by atoms with van der Waals surface area (Å²) in [6.45, 7) is 0. The van der Waals surface area contributed by atoms with E-state index in [0.29, 0.717) is 21.5 Å². The number of nitrogens with one attached hydrogen (secondary N) is 1. The Morgan fingerprint density at radius 1 is 0.935 bits per heavy atom. The second-order valence-corrected chi connectivity index (χ2v) is 8.59. The molecule has 1 aliphatic rings. The molecule has 0 saturated heterocycles. The lowest BCUT2D eigenvalue weighted by Crippen LogP contribution is -2.29. The summed E-state index contributed by atoms with van der Waals surface area (Å²) in [6.07, 6.45) is 4.25.